The number of carbonyl (C=O) groups is 2. The number of hydrogen-bond acceptors (Lipinski definition) is 3. The number of carboxylic acid groups (broad SMARTS) is 2. The van der Waals surface area contributed by atoms with Gasteiger partial charge in [0.15, 0.2) is 17.6 Å². The average molecular weight is 325 g/mol. The summed E-state index contributed by atoms with van der Waals surface area (Å²) >= 11 is 0. The number of rotatable bonds is 5. The van der Waals surface area contributed by atoms with Crippen LogP contribution in [0.1, 0.15) is 5.56 Å². The van der Waals surface area contributed by atoms with Gasteiger partial charge in [-0.05, 0) is 35.6 Å². The third-order valence-electron chi connectivity index (χ3n) is 2.57. The maximum absolute atomic E-state index is 13.0. The van der Waals surface area contributed by atoms with Crippen LogP contribution in [0.5, 0.6) is 0 Å². The molecule has 0 fully saturated rings. The average Bonchev–Trinajstić information content (AvgIpc) is 2.43. The van der Waals surface area contributed by atoms with E-state index in [1.54, 1.807) is 6.07 Å². The molecule has 0 aliphatic rings. The quantitative estimate of drug-likeness (QED) is 0.415. The minimum Gasteiger partial charge on any atom is -0.539 e. The Morgan fingerprint density at radius 2 is 1.96 bits per heavy atom. The molecule has 23 heavy (non-hydrogen) atoms. The van der Waals surface area contributed by atoms with E-state index in [1.807, 2.05) is 7.05 Å². The van der Waals surface area contributed by atoms with Gasteiger partial charge >= 0.3 is 5.97 Å². The first kappa shape index (κ1) is 20.3. The van der Waals surface area contributed by atoms with Crippen LogP contribution >= 0.6 is 0 Å². The van der Waals surface area contributed by atoms with Crippen molar-refractivity contribution in [3.63, 3.8) is 0 Å². The third-order valence-corrected chi connectivity index (χ3v) is 2.57. The van der Waals surface area contributed by atoms with E-state index in [-0.39, 0.29) is 0 Å². The highest BCUT2D eigenvalue weighted by atomic mass is 19.2. The standard InChI is InChI=1S/C14H15F2N.C2H2O4/c1-4-7-17(3)10-11(2)8-12-5-6-13(15)14(16)9-12;3-1(4)2(5)6/h1,5-6,9H,2,7-8,10H2,3H3;(H,3,4)(H,5,6). The van der Waals surface area contributed by atoms with E-state index in [9.17, 15) is 8.78 Å². The summed E-state index contributed by atoms with van der Waals surface area (Å²) < 4.78 is 25.7. The van der Waals surface area contributed by atoms with Crippen LogP contribution in [0.2, 0.25) is 0 Å². The van der Waals surface area contributed by atoms with E-state index in [0.29, 0.717) is 13.0 Å². The van der Waals surface area contributed by atoms with Crippen LogP contribution in [0.3, 0.4) is 0 Å². The molecule has 1 rings (SSSR count). The number of carboxylic acids is 2. The third kappa shape index (κ3) is 9.01. The van der Waals surface area contributed by atoms with Gasteiger partial charge < -0.3 is 19.9 Å². The Kier molecular flexibility index (Phi) is 8.89. The summed E-state index contributed by atoms with van der Waals surface area (Å²) in [6.07, 6.45) is 5.74. The van der Waals surface area contributed by atoms with Gasteiger partial charge in [-0.25, -0.2) is 13.6 Å². The summed E-state index contributed by atoms with van der Waals surface area (Å²) in [6, 6.07) is 3.91. The molecule has 0 aromatic heterocycles. The lowest BCUT2D eigenvalue weighted by Crippen LogP contribution is -3.09. The van der Waals surface area contributed by atoms with Gasteiger partial charge in [-0.1, -0.05) is 12.6 Å². The molecule has 0 radical (unpaired) electrons. The van der Waals surface area contributed by atoms with Crippen LogP contribution in [-0.4, -0.2) is 37.2 Å². The lowest BCUT2D eigenvalue weighted by atomic mass is 10.1. The molecule has 2 N–H and O–H groups in total. The fraction of sp³-hybridized carbons (Fsp3) is 0.250. The molecule has 1 aromatic rings. The van der Waals surface area contributed by atoms with Crippen LogP contribution in [0.15, 0.2) is 30.4 Å². The minimum absolute atomic E-state index is 0.541. The number of terminal acetylenes is 1. The zero-order valence-electron chi connectivity index (χ0n) is 12.6. The molecule has 7 heteroatoms. The number of halogens is 2. The predicted octanol–water partition coefficient (Wildman–Crippen LogP) is -0.968. The molecule has 0 saturated heterocycles. The van der Waals surface area contributed by atoms with E-state index in [4.69, 9.17) is 26.2 Å². The van der Waals surface area contributed by atoms with Crippen molar-refractivity contribution in [2.75, 3.05) is 20.1 Å². The second-order valence-electron chi connectivity index (χ2n) is 4.78. The molecule has 5 nitrogen and oxygen atoms in total. The van der Waals surface area contributed by atoms with Crippen LogP contribution in [0, 0.1) is 24.0 Å². The molecule has 124 valence electrons. The summed E-state index contributed by atoms with van der Waals surface area (Å²) in [7, 11) is 1.97. The molecule has 0 heterocycles. The lowest BCUT2D eigenvalue weighted by Gasteiger charge is -2.12. The van der Waals surface area contributed by atoms with E-state index >= 15 is 0 Å². The molecule has 1 atom stereocenters. The highest BCUT2D eigenvalue weighted by Gasteiger charge is 2.07. The van der Waals surface area contributed by atoms with Gasteiger partial charge in [0.1, 0.15) is 6.54 Å². The van der Waals surface area contributed by atoms with Gasteiger partial charge in [0.25, 0.3) is 0 Å². The Bertz CT molecular complexity index is 611. The smallest absolute Gasteiger partial charge is 0.351 e. The van der Waals surface area contributed by atoms with E-state index in [2.05, 4.69) is 12.5 Å². The van der Waals surface area contributed by atoms with Gasteiger partial charge in [-0.2, -0.15) is 0 Å². The predicted molar refractivity (Wildman–Crippen MR) is 77.3 cm³/mol. The van der Waals surface area contributed by atoms with Crippen molar-refractivity contribution in [3.8, 4) is 12.3 Å². The van der Waals surface area contributed by atoms with E-state index < -0.39 is 23.6 Å². The van der Waals surface area contributed by atoms with Crippen molar-refractivity contribution in [3.05, 3.63) is 47.5 Å². The Balaban J connectivity index is 0.000000688. The van der Waals surface area contributed by atoms with Gasteiger partial charge in [-0.3, -0.25) is 0 Å². The van der Waals surface area contributed by atoms with Crippen LogP contribution < -0.4 is 10.0 Å². The first-order chi connectivity index (χ1) is 10.7. The largest absolute Gasteiger partial charge is 0.539 e. The molecule has 0 aliphatic carbocycles. The molecular formula is C16H17F2NO4. The minimum atomic E-state index is -2.07. The van der Waals surface area contributed by atoms with Gasteiger partial charge in [0, 0.05) is 0 Å². The molecular weight excluding hydrogens is 308 g/mol. The van der Waals surface area contributed by atoms with Gasteiger partial charge in [0.05, 0.1) is 13.6 Å². The van der Waals surface area contributed by atoms with Crippen molar-refractivity contribution in [1.82, 2.24) is 0 Å². The Morgan fingerprint density at radius 3 is 2.39 bits per heavy atom. The monoisotopic (exact) mass is 325 g/mol. The van der Waals surface area contributed by atoms with Crippen LogP contribution in [0.25, 0.3) is 0 Å². The van der Waals surface area contributed by atoms with Gasteiger partial charge in [0.2, 0.25) is 0 Å². The van der Waals surface area contributed by atoms with Crippen molar-refractivity contribution in [1.29, 1.82) is 0 Å². The molecule has 0 bridgehead atoms. The number of carbonyl (C=O) groups excluding carboxylic acids is 1. The van der Waals surface area contributed by atoms with Gasteiger partial charge in [-0.15, -0.1) is 6.42 Å². The van der Waals surface area contributed by atoms with Crippen LogP contribution in [-0.2, 0) is 16.0 Å². The Morgan fingerprint density at radius 1 is 1.39 bits per heavy atom. The second-order valence-corrected chi connectivity index (χ2v) is 4.78. The molecule has 0 amide bonds. The first-order valence-corrected chi connectivity index (χ1v) is 6.47. The van der Waals surface area contributed by atoms with Crippen molar-refractivity contribution >= 4 is 11.9 Å². The van der Waals surface area contributed by atoms with Crippen molar-refractivity contribution in [2.24, 2.45) is 0 Å². The highest BCUT2D eigenvalue weighted by Crippen LogP contribution is 2.11. The maximum Gasteiger partial charge on any atom is 0.351 e. The Hall–Kier alpha value is -2.72. The Labute approximate surface area is 132 Å². The maximum atomic E-state index is 13.0. The number of likely N-dealkylation sites (N-methyl/N-ethyl adjacent to an activating group) is 1. The molecule has 1 aromatic carbocycles. The highest BCUT2D eigenvalue weighted by molar-refractivity contribution is 6.26. The number of aliphatic carboxylic acids is 2. The molecule has 0 saturated carbocycles. The number of quaternary nitrogens is 1. The number of nitrogens with one attached hydrogen (secondary N) is 1. The second kappa shape index (κ2) is 10.1. The van der Waals surface area contributed by atoms with Crippen molar-refractivity contribution in [2.45, 2.75) is 6.42 Å². The summed E-state index contributed by atoms with van der Waals surface area (Å²) in [5.41, 5.74) is 1.67. The molecule has 1 unspecified atom stereocenters. The SMILES string of the molecule is C#CC[NH+](C)CC(=C)Cc1ccc(F)c(F)c1.O=C([O-])C(=O)O. The van der Waals surface area contributed by atoms with E-state index in [1.165, 1.54) is 6.07 Å². The van der Waals surface area contributed by atoms with E-state index in [0.717, 1.165) is 28.6 Å². The fourth-order valence-electron chi connectivity index (χ4n) is 1.66. The molecule has 0 spiro atoms. The number of benzene rings is 1. The fourth-order valence-corrected chi connectivity index (χ4v) is 1.66. The summed E-state index contributed by atoms with van der Waals surface area (Å²) in [5.74, 6) is -3.09. The lowest BCUT2D eigenvalue weighted by molar-refractivity contribution is -0.866. The summed E-state index contributed by atoms with van der Waals surface area (Å²) in [4.78, 5) is 19.2. The summed E-state index contributed by atoms with van der Waals surface area (Å²) in [6.45, 7) is 5.27. The van der Waals surface area contributed by atoms with Crippen LogP contribution in [0.4, 0.5) is 8.78 Å². The van der Waals surface area contributed by atoms with Crippen molar-refractivity contribution < 1.29 is 33.5 Å². The molecule has 0 aliphatic heterocycles. The first-order valence-electron chi connectivity index (χ1n) is 6.47. The zero-order valence-corrected chi connectivity index (χ0v) is 12.6. The topological polar surface area (TPSA) is 81.9 Å². The summed E-state index contributed by atoms with van der Waals surface area (Å²) in [5, 5.41) is 16.3. The zero-order chi connectivity index (χ0) is 18.0. The number of hydrogen-bond donors (Lipinski definition) is 2. The normalized spacial score (nSPS) is 10.7.